The van der Waals surface area contributed by atoms with Crippen LogP contribution < -0.4 is 5.73 Å². The molecule has 2 N–H and O–H groups in total. The predicted molar refractivity (Wildman–Crippen MR) is 57.7 cm³/mol. The molecule has 13 heavy (non-hydrogen) atoms. The number of hydrogen-bond acceptors (Lipinski definition) is 2. The maximum atomic E-state index is 6.06. The first-order valence-corrected chi connectivity index (χ1v) is 5.42. The van der Waals surface area contributed by atoms with Crippen LogP contribution in [-0.2, 0) is 0 Å². The third-order valence-electron chi connectivity index (χ3n) is 3.27. The SMILES string of the molecule is CC1CCN(C(C)(C)C)CCC1N. The molecule has 0 aliphatic carbocycles. The zero-order valence-corrected chi connectivity index (χ0v) is 9.51. The van der Waals surface area contributed by atoms with E-state index in [0.717, 1.165) is 13.0 Å². The second kappa shape index (κ2) is 3.97. The lowest BCUT2D eigenvalue weighted by Gasteiger charge is -2.34. The van der Waals surface area contributed by atoms with Gasteiger partial charge in [-0.3, -0.25) is 4.90 Å². The molecule has 1 fully saturated rings. The molecule has 0 amide bonds. The van der Waals surface area contributed by atoms with Crippen LogP contribution in [0.2, 0.25) is 0 Å². The van der Waals surface area contributed by atoms with E-state index in [2.05, 4.69) is 32.6 Å². The van der Waals surface area contributed by atoms with Gasteiger partial charge in [0.25, 0.3) is 0 Å². The molecule has 2 nitrogen and oxygen atoms in total. The highest BCUT2D eigenvalue weighted by Gasteiger charge is 2.26. The van der Waals surface area contributed by atoms with Gasteiger partial charge in [0.2, 0.25) is 0 Å². The number of likely N-dealkylation sites (tertiary alicyclic amines) is 1. The molecule has 0 aromatic heterocycles. The van der Waals surface area contributed by atoms with Crippen molar-refractivity contribution in [3.63, 3.8) is 0 Å². The van der Waals surface area contributed by atoms with E-state index in [1.807, 2.05) is 0 Å². The van der Waals surface area contributed by atoms with Crippen molar-refractivity contribution in [1.82, 2.24) is 4.90 Å². The average molecular weight is 184 g/mol. The minimum absolute atomic E-state index is 0.309. The van der Waals surface area contributed by atoms with Crippen LogP contribution >= 0.6 is 0 Å². The van der Waals surface area contributed by atoms with Crippen molar-refractivity contribution in [3.8, 4) is 0 Å². The molecular formula is C11H24N2. The van der Waals surface area contributed by atoms with Crippen LogP contribution in [0.1, 0.15) is 40.5 Å². The largest absolute Gasteiger partial charge is 0.327 e. The smallest absolute Gasteiger partial charge is 0.0125 e. The zero-order chi connectivity index (χ0) is 10.1. The summed E-state index contributed by atoms with van der Waals surface area (Å²) in [5.41, 5.74) is 6.37. The van der Waals surface area contributed by atoms with Gasteiger partial charge in [-0.25, -0.2) is 0 Å². The lowest BCUT2D eigenvalue weighted by Crippen LogP contribution is -2.42. The zero-order valence-electron chi connectivity index (χ0n) is 9.51. The lowest BCUT2D eigenvalue weighted by atomic mass is 9.98. The quantitative estimate of drug-likeness (QED) is 0.622. The van der Waals surface area contributed by atoms with Gasteiger partial charge in [-0.05, 0) is 46.1 Å². The summed E-state index contributed by atoms with van der Waals surface area (Å²) in [5.74, 6) is 0.687. The predicted octanol–water partition coefficient (Wildman–Crippen LogP) is 1.84. The molecule has 2 heteroatoms. The maximum Gasteiger partial charge on any atom is 0.0125 e. The molecular weight excluding hydrogens is 160 g/mol. The van der Waals surface area contributed by atoms with Gasteiger partial charge in [0.1, 0.15) is 0 Å². The Labute approximate surface area is 82.5 Å². The Kier molecular flexibility index (Phi) is 3.36. The first-order chi connectivity index (χ1) is 5.91. The molecule has 0 aromatic rings. The van der Waals surface area contributed by atoms with Crippen LogP contribution in [0, 0.1) is 5.92 Å². The molecule has 2 unspecified atom stereocenters. The lowest BCUT2D eigenvalue weighted by molar-refractivity contribution is 0.141. The standard InChI is InChI=1S/C11H24N2/c1-9-5-7-13(11(2,3)4)8-6-10(9)12/h9-10H,5-8,12H2,1-4H3. The van der Waals surface area contributed by atoms with E-state index in [4.69, 9.17) is 5.73 Å². The van der Waals surface area contributed by atoms with Gasteiger partial charge in [-0.1, -0.05) is 6.92 Å². The molecule has 1 aliphatic heterocycles. The van der Waals surface area contributed by atoms with Crippen LogP contribution in [0.3, 0.4) is 0 Å². The van der Waals surface area contributed by atoms with E-state index in [-0.39, 0.29) is 0 Å². The molecule has 0 bridgehead atoms. The van der Waals surface area contributed by atoms with Gasteiger partial charge in [-0.15, -0.1) is 0 Å². The van der Waals surface area contributed by atoms with Crippen molar-refractivity contribution >= 4 is 0 Å². The van der Waals surface area contributed by atoms with Gasteiger partial charge in [0.15, 0.2) is 0 Å². The molecule has 1 saturated heterocycles. The fourth-order valence-corrected chi connectivity index (χ4v) is 1.95. The third-order valence-corrected chi connectivity index (χ3v) is 3.27. The molecule has 0 saturated carbocycles. The van der Waals surface area contributed by atoms with Crippen molar-refractivity contribution in [2.75, 3.05) is 13.1 Å². The third kappa shape index (κ3) is 2.96. The highest BCUT2D eigenvalue weighted by Crippen LogP contribution is 2.21. The van der Waals surface area contributed by atoms with Crippen LogP contribution in [0.5, 0.6) is 0 Å². The van der Waals surface area contributed by atoms with Gasteiger partial charge in [-0.2, -0.15) is 0 Å². The second-order valence-electron chi connectivity index (χ2n) is 5.38. The molecule has 0 aromatic carbocycles. The van der Waals surface area contributed by atoms with E-state index in [1.165, 1.54) is 13.0 Å². The second-order valence-corrected chi connectivity index (χ2v) is 5.38. The minimum atomic E-state index is 0.309. The Bertz CT molecular complexity index is 148. The summed E-state index contributed by atoms with van der Waals surface area (Å²) >= 11 is 0. The minimum Gasteiger partial charge on any atom is -0.327 e. The van der Waals surface area contributed by atoms with E-state index in [9.17, 15) is 0 Å². The Morgan fingerprint density at radius 1 is 1.15 bits per heavy atom. The highest BCUT2D eigenvalue weighted by atomic mass is 15.2. The molecule has 1 rings (SSSR count). The number of nitrogens with zero attached hydrogens (tertiary/aromatic N) is 1. The fraction of sp³-hybridized carbons (Fsp3) is 1.00. The normalized spacial score (nSPS) is 33.0. The summed E-state index contributed by atoms with van der Waals surface area (Å²) in [7, 11) is 0. The fourth-order valence-electron chi connectivity index (χ4n) is 1.95. The summed E-state index contributed by atoms with van der Waals surface area (Å²) in [6.45, 7) is 11.5. The Morgan fingerprint density at radius 2 is 1.69 bits per heavy atom. The van der Waals surface area contributed by atoms with Crippen LogP contribution in [0.25, 0.3) is 0 Å². The summed E-state index contributed by atoms with van der Waals surface area (Å²) in [5, 5.41) is 0. The number of rotatable bonds is 0. The molecule has 78 valence electrons. The van der Waals surface area contributed by atoms with Crippen molar-refractivity contribution in [3.05, 3.63) is 0 Å². The average Bonchev–Trinajstić information content (AvgIpc) is 2.14. The van der Waals surface area contributed by atoms with Gasteiger partial charge in [0.05, 0.1) is 0 Å². The van der Waals surface area contributed by atoms with Crippen LogP contribution in [0.4, 0.5) is 0 Å². The summed E-state index contributed by atoms with van der Waals surface area (Å²) in [4.78, 5) is 2.55. The monoisotopic (exact) mass is 184 g/mol. The van der Waals surface area contributed by atoms with Crippen molar-refractivity contribution in [1.29, 1.82) is 0 Å². The molecule has 0 radical (unpaired) electrons. The molecule has 0 spiro atoms. The first kappa shape index (κ1) is 11.0. The summed E-state index contributed by atoms with van der Waals surface area (Å²) in [6.07, 6.45) is 2.40. The molecule has 1 aliphatic rings. The van der Waals surface area contributed by atoms with E-state index >= 15 is 0 Å². The Morgan fingerprint density at radius 3 is 2.23 bits per heavy atom. The molecule has 1 heterocycles. The Hall–Kier alpha value is -0.0800. The van der Waals surface area contributed by atoms with Gasteiger partial charge < -0.3 is 5.73 Å². The van der Waals surface area contributed by atoms with E-state index in [1.54, 1.807) is 0 Å². The number of hydrogen-bond donors (Lipinski definition) is 1. The van der Waals surface area contributed by atoms with Crippen molar-refractivity contribution in [2.24, 2.45) is 11.7 Å². The topological polar surface area (TPSA) is 29.3 Å². The highest BCUT2D eigenvalue weighted by molar-refractivity contribution is 4.83. The Balaban J connectivity index is 2.54. The van der Waals surface area contributed by atoms with E-state index < -0.39 is 0 Å². The van der Waals surface area contributed by atoms with Crippen molar-refractivity contribution < 1.29 is 0 Å². The summed E-state index contributed by atoms with van der Waals surface area (Å²) < 4.78 is 0. The number of nitrogens with two attached hydrogens (primary N) is 1. The van der Waals surface area contributed by atoms with Crippen LogP contribution in [0.15, 0.2) is 0 Å². The van der Waals surface area contributed by atoms with Gasteiger partial charge in [0, 0.05) is 18.1 Å². The molecule has 2 atom stereocenters. The van der Waals surface area contributed by atoms with E-state index in [0.29, 0.717) is 17.5 Å². The van der Waals surface area contributed by atoms with Crippen molar-refractivity contribution in [2.45, 2.75) is 52.1 Å². The van der Waals surface area contributed by atoms with Crippen LogP contribution in [-0.4, -0.2) is 29.6 Å². The maximum absolute atomic E-state index is 6.06. The first-order valence-electron chi connectivity index (χ1n) is 5.42. The summed E-state index contributed by atoms with van der Waals surface area (Å²) in [6, 6.07) is 0.410. The van der Waals surface area contributed by atoms with Gasteiger partial charge >= 0.3 is 0 Å².